The largest absolute Gasteiger partial charge is 0.393 e. The van der Waals surface area contributed by atoms with Crippen molar-refractivity contribution in [1.29, 1.82) is 0 Å². The summed E-state index contributed by atoms with van der Waals surface area (Å²) in [5.41, 5.74) is 0.411. The van der Waals surface area contributed by atoms with E-state index in [4.69, 9.17) is 11.6 Å². The molecule has 120 valence electrons. The topological polar surface area (TPSA) is 69.6 Å². The van der Waals surface area contributed by atoms with E-state index in [9.17, 15) is 14.7 Å². The molecule has 1 aliphatic carbocycles. The van der Waals surface area contributed by atoms with Crippen LogP contribution in [-0.4, -0.2) is 41.5 Å². The minimum Gasteiger partial charge on any atom is -0.393 e. The highest BCUT2D eigenvalue weighted by atomic mass is 35.5. The van der Waals surface area contributed by atoms with E-state index < -0.39 is 17.9 Å². The average Bonchev–Trinajstić information content (AvgIpc) is 2.51. The molecule has 1 aromatic rings. The van der Waals surface area contributed by atoms with Gasteiger partial charge in [-0.3, -0.25) is 9.59 Å². The number of benzene rings is 1. The van der Waals surface area contributed by atoms with Crippen LogP contribution in [0.15, 0.2) is 24.3 Å². The van der Waals surface area contributed by atoms with E-state index >= 15 is 0 Å². The van der Waals surface area contributed by atoms with E-state index in [1.165, 1.54) is 4.90 Å². The molecule has 22 heavy (non-hydrogen) atoms. The number of hydrogen-bond acceptors (Lipinski definition) is 3. The quantitative estimate of drug-likeness (QED) is 0.838. The molecule has 0 spiro atoms. The van der Waals surface area contributed by atoms with Crippen molar-refractivity contribution in [2.75, 3.05) is 18.9 Å². The lowest BCUT2D eigenvalue weighted by molar-refractivity contribution is -0.143. The lowest BCUT2D eigenvalue weighted by atomic mass is 9.86. The zero-order chi connectivity index (χ0) is 16.1. The Balaban J connectivity index is 1.92. The van der Waals surface area contributed by atoms with Gasteiger partial charge in [0.05, 0.1) is 16.8 Å². The Hall–Kier alpha value is -1.59. The molecular formula is C16H21ClN2O3. The number of para-hydroxylation sites is 1. The fourth-order valence-electron chi connectivity index (χ4n) is 2.75. The van der Waals surface area contributed by atoms with Crippen LogP contribution >= 0.6 is 11.6 Å². The average molecular weight is 325 g/mol. The summed E-state index contributed by atoms with van der Waals surface area (Å²) in [4.78, 5) is 25.5. The summed E-state index contributed by atoms with van der Waals surface area (Å²) in [7, 11) is 1.58. The molecule has 0 aromatic heterocycles. The number of halogens is 1. The van der Waals surface area contributed by atoms with Gasteiger partial charge in [-0.2, -0.15) is 0 Å². The standard InChI is InChI=1S/C16H21ClN2O3/c1-19(10-11-6-2-5-9-14(11)20)16(22)15(21)18-13-8-4-3-7-12(13)17/h3-4,7-8,11,14,20H,2,5-6,9-10H2,1H3,(H,18,21). The van der Waals surface area contributed by atoms with Crippen molar-refractivity contribution < 1.29 is 14.7 Å². The van der Waals surface area contributed by atoms with Crippen molar-refractivity contribution in [3.05, 3.63) is 29.3 Å². The molecule has 2 unspecified atom stereocenters. The summed E-state index contributed by atoms with van der Waals surface area (Å²) in [5.74, 6) is -1.31. The Kier molecular flexibility index (Phi) is 5.80. The number of carbonyl (C=O) groups is 2. The van der Waals surface area contributed by atoms with Gasteiger partial charge < -0.3 is 15.3 Å². The van der Waals surface area contributed by atoms with Crippen LogP contribution in [0.1, 0.15) is 25.7 Å². The van der Waals surface area contributed by atoms with E-state index in [0.29, 0.717) is 17.3 Å². The van der Waals surface area contributed by atoms with Crippen LogP contribution in [0.25, 0.3) is 0 Å². The molecule has 1 saturated carbocycles. The van der Waals surface area contributed by atoms with Gasteiger partial charge in [0.1, 0.15) is 0 Å². The first-order valence-corrected chi connectivity index (χ1v) is 7.86. The number of nitrogens with zero attached hydrogens (tertiary/aromatic N) is 1. The van der Waals surface area contributed by atoms with Crippen LogP contribution in [0.3, 0.4) is 0 Å². The number of aliphatic hydroxyl groups excluding tert-OH is 1. The van der Waals surface area contributed by atoms with Gasteiger partial charge in [0.25, 0.3) is 0 Å². The molecule has 2 atom stereocenters. The smallest absolute Gasteiger partial charge is 0.313 e. The normalized spacial score (nSPS) is 21.2. The second-order valence-corrected chi connectivity index (χ2v) is 6.14. The molecule has 6 heteroatoms. The molecule has 0 saturated heterocycles. The van der Waals surface area contributed by atoms with Gasteiger partial charge in [-0.1, -0.05) is 36.6 Å². The van der Waals surface area contributed by atoms with E-state index in [-0.39, 0.29) is 5.92 Å². The van der Waals surface area contributed by atoms with Crippen molar-refractivity contribution in [3.8, 4) is 0 Å². The Labute approximate surface area is 135 Å². The zero-order valence-electron chi connectivity index (χ0n) is 12.6. The van der Waals surface area contributed by atoms with Gasteiger partial charge in [0.15, 0.2) is 0 Å². The van der Waals surface area contributed by atoms with E-state index in [1.807, 2.05) is 0 Å². The first kappa shape index (κ1) is 16.8. The number of hydrogen-bond donors (Lipinski definition) is 2. The van der Waals surface area contributed by atoms with Crippen LogP contribution in [0.5, 0.6) is 0 Å². The van der Waals surface area contributed by atoms with Crippen molar-refractivity contribution in [1.82, 2.24) is 4.90 Å². The molecule has 0 radical (unpaired) electrons. The molecule has 1 aromatic carbocycles. The summed E-state index contributed by atoms with van der Waals surface area (Å²) < 4.78 is 0. The Morgan fingerprint density at radius 2 is 2.00 bits per heavy atom. The number of aliphatic hydroxyl groups is 1. The van der Waals surface area contributed by atoms with E-state index in [2.05, 4.69) is 5.32 Å². The number of likely N-dealkylation sites (N-methyl/N-ethyl adjacent to an activating group) is 1. The van der Waals surface area contributed by atoms with Crippen LogP contribution in [-0.2, 0) is 9.59 Å². The predicted molar refractivity (Wildman–Crippen MR) is 85.7 cm³/mol. The number of anilines is 1. The summed E-state index contributed by atoms with van der Waals surface area (Å²) in [5, 5.41) is 12.9. The lowest BCUT2D eigenvalue weighted by Gasteiger charge is -2.30. The van der Waals surface area contributed by atoms with Gasteiger partial charge in [0, 0.05) is 19.5 Å². The Morgan fingerprint density at radius 3 is 2.68 bits per heavy atom. The third-order valence-corrected chi connectivity index (χ3v) is 4.37. The summed E-state index contributed by atoms with van der Waals surface area (Å²) >= 11 is 5.95. The van der Waals surface area contributed by atoms with Gasteiger partial charge in [-0.15, -0.1) is 0 Å². The van der Waals surface area contributed by atoms with Gasteiger partial charge >= 0.3 is 11.8 Å². The highest BCUT2D eigenvalue weighted by Gasteiger charge is 2.27. The summed E-state index contributed by atoms with van der Waals surface area (Å²) in [6.45, 7) is 0.385. The molecule has 2 rings (SSSR count). The van der Waals surface area contributed by atoms with Crippen LogP contribution in [0.2, 0.25) is 5.02 Å². The Morgan fingerprint density at radius 1 is 1.32 bits per heavy atom. The van der Waals surface area contributed by atoms with E-state index in [1.54, 1.807) is 31.3 Å². The SMILES string of the molecule is CN(CC1CCCCC1O)C(=O)C(=O)Nc1ccccc1Cl. The maximum absolute atomic E-state index is 12.1. The van der Waals surface area contributed by atoms with Gasteiger partial charge in [-0.05, 0) is 25.0 Å². The van der Waals surface area contributed by atoms with Crippen LogP contribution in [0.4, 0.5) is 5.69 Å². The molecule has 0 heterocycles. The highest BCUT2D eigenvalue weighted by molar-refractivity contribution is 6.41. The molecule has 1 fully saturated rings. The molecule has 2 amide bonds. The third kappa shape index (κ3) is 4.21. The molecule has 2 N–H and O–H groups in total. The number of amides is 2. The molecule has 0 aliphatic heterocycles. The third-order valence-electron chi connectivity index (χ3n) is 4.04. The van der Waals surface area contributed by atoms with Crippen molar-refractivity contribution in [2.24, 2.45) is 5.92 Å². The van der Waals surface area contributed by atoms with E-state index in [0.717, 1.165) is 25.7 Å². The minimum atomic E-state index is -0.721. The van der Waals surface area contributed by atoms with Gasteiger partial charge in [0.2, 0.25) is 0 Å². The number of rotatable bonds is 3. The Bertz CT molecular complexity index is 550. The monoisotopic (exact) mass is 324 g/mol. The zero-order valence-corrected chi connectivity index (χ0v) is 13.3. The molecule has 5 nitrogen and oxygen atoms in total. The molecule has 1 aliphatic rings. The summed E-state index contributed by atoms with van der Waals surface area (Å²) in [6.07, 6.45) is 3.32. The second kappa shape index (κ2) is 7.61. The van der Waals surface area contributed by atoms with Gasteiger partial charge in [-0.25, -0.2) is 0 Å². The van der Waals surface area contributed by atoms with Crippen molar-refractivity contribution in [2.45, 2.75) is 31.8 Å². The first-order valence-electron chi connectivity index (χ1n) is 7.48. The fourth-order valence-corrected chi connectivity index (χ4v) is 2.93. The van der Waals surface area contributed by atoms with Crippen LogP contribution < -0.4 is 5.32 Å². The first-order chi connectivity index (χ1) is 10.5. The lowest BCUT2D eigenvalue weighted by Crippen LogP contribution is -2.42. The maximum Gasteiger partial charge on any atom is 0.313 e. The minimum absolute atomic E-state index is 0.0378. The highest BCUT2D eigenvalue weighted by Crippen LogP contribution is 2.25. The molecular weight excluding hydrogens is 304 g/mol. The van der Waals surface area contributed by atoms with Crippen molar-refractivity contribution >= 4 is 29.1 Å². The number of carbonyl (C=O) groups excluding carboxylic acids is 2. The fraction of sp³-hybridized carbons (Fsp3) is 0.500. The predicted octanol–water partition coefficient (Wildman–Crippen LogP) is 2.29. The summed E-state index contributed by atoms with van der Waals surface area (Å²) in [6, 6.07) is 6.76. The number of nitrogens with one attached hydrogen (secondary N) is 1. The van der Waals surface area contributed by atoms with Crippen LogP contribution in [0, 0.1) is 5.92 Å². The second-order valence-electron chi connectivity index (χ2n) is 5.73. The molecule has 0 bridgehead atoms. The van der Waals surface area contributed by atoms with Crippen molar-refractivity contribution in [3.63, 3.8) is 0 Å². The maximum atomic E-state index is 12.1.